The fourth-order valence-electron chi connectivity index (χ4n) is 1.45. The zero-order valence-corrected chi connectivity index (χ0v) is 9.67. The van der Waals surface area contributed by atoms with Crippen LogP contribution in [0.2, 0.25) is 0 Å². The first-order chi connectivity index (χ1) is 8.01. The van der Waals surface area contributed by atoms with E-state index in [0.29, 0.717) is 0 Å². The molecule has 0 saturated carbocycles. The van der Waals surface area contributed by atoms with Gasteiger partial charge in [-0.05, 0) is 5.56 Å². The molecule has 0 aromatic carbocycles. The molecule has 0 aliphatic rings. The van der Waals surface area contributed by atoms with Crippen molar-refractivity contribution in [1.29, 1.82) is 0 Å². The number of hydrogen-bond donors (Lipinski definition) is 1. The second-order valence-corrected chi connectivity index (χ2v) is 3.45. The van der Waals surface area contributed by atoms with E-state index in [-0.39, 0.29) is 22.9 Å². The quantitative estimate of drug-likeness (QED) is 0.831. The first kappa shape index (κ1) is 13.6. The van der Waals surface area contributed by atoms with Crippen molar-refractivity contribution < 1.29 is 23.4 Å². The molecule has 1 aromatic rings. The summed E-state index contributed by atoms with van der Waals surface area (Å²) in [6.07, 6.45) is -2.43. The Morgan fingerprint density at radius 2 is 2.24 bits per heavy atom. The van der Waals surface area contributed by atoms with E-state index >= 15 is 0 Å². The lowest BCUT2D eigenvalue weighted by Crippen LogP contribution is -2.09. The number of rotatable bonds is 5. The highest BCUT2D eigenvalue weighted by molar-refractivity contribution is 6.17. The van der Waals surface area contributed by atoms with Gasteiger partial charge >= 0.3 is 5.97 Å². The van der Waals surface area contributed by atoms with Gasteiger partial charge in [-0.1, -0.05) is 0 Å². The predicted molar refractivity (Wildman–Crippen MR) is 56.6 cm³/mol. The van der Waals surface area contributed by atoms with E-state index in [1.165, 1.54) is 7.11 Å². The number of alkyl halides is 3. The molecule has 0 aliphatic heterocycles. The lowest BCUT2D eigenvalue weighted by atomic mass is 10.0. The van der Waals surface area contributed by atoms with E-state index in [1.807, 2.05) is 0 Å². The Hall–Kier alpha value is -1.43. The van der Waals surface area contributed by atoms with Crippen molar-refractivity contribution in [3.63, 3.8) is 0 Å². The molecule has 7 heteroatoms. The Morgan fingerprint density at radius 1 is 1.59 bits per heavy atom. The Bertz CT molecular complexity index is 426. The molecule has 1 aromatic heterocycles. The summed E-state index contributed by atoms with van der Waals surface area (Å²) in [5.41, 5.74) is -0.271. The molecule has 0 fully saturated rings. The zero-order valence-electron chi connectivity index (χ0n) is 8.91. The van der Waals surface area contributed by atoms with Gasteiger partial charge in [0.25, 0.3) is 6.43 Å². The van der Waals surface area contributed by atoms with Gasteiger partial charge in [-0.15, -0.1) is 11.6 Å². The fourth-order valence-corrected chi connectivity index (χ4v) is 1.72. The maximum Gasteiger partial charge on any atom is 0.307 e. The SMILES string of the molecule is COc1ncc(C(F)F)c(CC(=O)O)c1CCl. The van der Waals surface area contributed by atoms with Gasteiger partial charge in [0.05, 0.1) is 19.4 Å². The molecule has 0 amide bonds. The van der Waals surface area contributed by atoms with E-state index < -0.39 is 24.4 Å². The van der Waals surface area contributed by atoms with E-state index in [9.17, 15) is 13.6 Å². The molecule has 0 spiro atoms. The largest absolute Gasteiger partial charge is 0.481 e. The topological polar surface area (TPSA) is 59.4 Å². The third-order valence-corrected chi connectivity index (χ3v) is 2.45. The Labute approximate surface area is 101 Å². The molecule has 0 unspecified atom stereocenters. The van der Waals surface area contributed by atoms with Crippen molar-refractivity contribution in [2.45, 2.75) is 18.7 Å². The summed E-state index contributed by atoms with van der Waals surface area (Å²) in [4.78, 5) is 14.3. The number of aromatic nitrogens is 1. The minimum atomic E-state index is -2.80. The maximum atomic E-state index is 12.7. The Balaban J connectivity index is 3.38. The van der Waals surface area contributed by atoms with Crippen LogP contribution in [0.1, 0.15) is 23.1 Å². The molecular weight excluding hydrogens is 256 g/mol. The van der Waals surface area contributed by atoms with Gasteiger partial charge in [-0.2, -0.15) is 0 Å². The average Bonchev–Trinajstić information content (AvgIpc) is 2.27. The molecule has 1 N–H and O–H groups in total. The van der Waals surface area contributed by atoms with Gasteiger partial charge in [0.1, 0.15) is 0 Å². The molecule has 0 saturated heterocycles. The van der Waals surface area contributed by atoms with E-state index in [2.05, 4.69) is 4.98 Å². The van der Waals surface area contributed by atoms with Crippen molar-refractivity contribution in [3.8, 4) is 5.88 Å². The van der Waals surface area contributed by atoms with Gasteiger partial charge in [0, 0.05) is 17.3 Å². The van der Waals surface area contributed by atoms with E-state index in [1.54, 1.807) is 0 Å². The van der Waals surface area contributed by atoms with E-state index in [4.69, 9.17) is 21.4 Å². The van der Waals surface area contributed by atoms with Crippen molar-refractivity contribution in [3.05, 3.63) is 22.9 Å². The highest BCUT2D eigenvalue weighted by atomic mass is 35.5. The van der Waals surface area contributed by atoms with Crippen LogP contribution in [0.15, 0.2) is 6.20 Å². The zero-order chi connectivity index (χ0) is 13.0. The summed E-state index contributed by atoms with van der Waals surface area (Å²) >= 11 is 5.62. The molecule has 94 valence electrons. The van der Waals surface area contributed by atoms with Crippen LogP contribution in [0, 0.1) is 0 Å². The molecule has 1 rings (SSSR count). The number of aliphatic carboxylic acids is 1. The first-order valence-corrected chi connectivity index (χ1v) is 5.15. The number of ether oxygens (including phenoxy) is 1. The third kappa shape index (κ3) is 3.03. The molecule has 0 atom stereocenters. The molecule has 0 bridgehead atoms. The van der Waals surface area contributed by atoms with Gasteiger partial charge in [-0.3, -0.25) is 4.79 Å². The number of methoxy groups -OCH3 is 1. The number of nitrogens with zero attached hydrogens (tertiary/aromatic N) is 1. The average molecular weight is 266 g/mol. The lowest BCUT2D eigenvalue weighted by molar-refractivity contribution is -0.136. The molecule has 0 aliphatic carbocycles. The van der Waals surface area contributed by atoms with Gasteiger partial charge < -0.3 is 9.84 Å². The van der Waals surface area contributed by atoms with E-state index in [0.717, 1.165) is 6.20 Å². The summed E-state index contributed by atoms with van der Waals surface area (Å²) in [7, 11) is 1.31. The van der Waals surface area contributed by atoms with Crippen LogP contribution in [-0.2, 0) is 17.1 Å². The first-order valence-electron chi connectivity index (χ1n) is 4.61. The summed E-state index contributed by atoms with van der Waals surface area (Å²) in [6.45, 7) is 0. The summed E-state index contributed by atoms with van der Waals surface area (Å²) in [6, 6.07) is 0. The van der Waals surface area contributed by atoms with Crippen LogP contribution in [0.5, 0.6) is 5.88 Å². The van der Waals surface area contributed by atoms with Crippen molar-refractivity contribution in [1.82, 2.24) is 4.98 Å². The number of carbonyl (C=O) groups is 1. The van der Waals surface area contributed by atoms with Crippen molar-refractivity contribution in [2.24, 2.45) is 0 Å². The van der Waals surface area contributed by atoms with Gasteiger partial charge in [0.15, 0.2) is 0 Å². The van der Waals surface area contributed by atoms with Crippen LogP contribution in [0.25, 0.3) is 0 Å². The summed E-state index contributed by atoms with van der Waals surface area (Å²) in [5, 5.41) is 8.71. The molecular formula is C10H10ClF2NO3. The Kier molecular flexibility index (Phi) is 4.62. The highest BCUT2D eigenvalue weighted by Gasteiger charge is 2.22. The monoisotopic (exact) mass is 265 g/mol. The highest BCUT2D eigenvalue weighted by Crippen LogP contribution is 2.31. The van der Waals surface area contributed by atoms with Crippen LogP contribution in [-0.4, -0.2) is 23.2 Å². The van der Waals surface area contributed by atoms with Crippen LogP contribution in [0.3, 0.4) is 0 Å². The maximum absolute atomic E-state index is 12.7. The minimum absolute atomic E-state index is 0.0330. The number of halogens is 3. The number of carboxylic acids is 1. The summed E-state index contributed by atoms with van der Waals surface area (Å²) in [5.74, 6) is -1.29. The van der Waals surface area contributed by atoms with Crippen LogP contribution < -0.4 is 4.74 Å². The minimum Gasteiger partial charge on any atom is -0.481 e. The predicted octanol–water partition coefficient (Wildman–Crippen LogP) is 2.39. The molecule has 4 nitrogen and oxygen atoms in total. The third-order valence-electron chi connectivity index (χ3n) is 2.18. The summed E-state index contributed by atoms with van der Waals surface area (Å²) < 4.78 is 30.3. The number of hydrogen-bond acceptors (Lipinski definition) is 3. The van der Waals surface area contributed by atoms with Crippen molar-refractivity contribution in [2.75, 3.05) is 7.11 Å². The molecule has 17 heavy (non-hydrogen) atoms. The standard InChI is InChI=1S/C10H10ClF2NO3/c1-17-10-6(3-11)5(2-8(15)16)7(4-14-10)9(12)13/h4,9H,2-3H2,1H3,(H,15,16). The molecule has 1 heterocycles. The fraction of sp³-hybridized carbons (Fsp3) is 0.400. The number of pyridine rings is 1. The van der Waals surface area contributed by atoms with Gasteiger partial charge in [-0.25, -0.2) is 13.8 Å². The second kappa shape index (κ2) is 5.77. The normalized spacial score (nSPS) is 10.6. The Morgan fingerprint density at radius 3 is 2.65 bits per heavy atom. The lowest BCUT2D eigenvalue weighted by Gasteiger charge is -2.13. The second-order valence-electron chi connectivity index (χ2n) is 3.18. The van der Waals surface area contributed by atoms with Crippen LogP contribution in [0.4, 0.5) is 8.78 Å². The molecule has 0 radical (unpaired) electrons. The number of carboxylic acid groups (broad SMARTS) is 1. The van der Waals surface area contributed by atoms with Gasteiger partial charge in [0.2, 0.25) is 5.88 Å². The smallest absolute Gasteiger partial charge is 0.307 e. The van der Waals surface area contributed by atoms with Crippen LogP contribution >= 0.6 is 11.6 Å². The van der Waals surface area contributed by atoms with Crippen molar-refractivity contribution >= 4 is 17.6 Å².